The lowest BCUT2D eigenvalue weighted by molar-refractivity contribution is 0.794. The molecule has 568 valence electrons. The van der Waals surface area contributed by atoms with Gasteiger partial charge in [0.2, 0.25) is 0 Å². The number of benzene rings is 18. The molecule has 0 amide bonds. The lowest BCUT2D eigenvalue weighted by atomic mass is 9.70. The van der Waals surface area contributed by atoms with Crippen molar-refractivity contribution in [3.63, 3.8) is 0 Å². The summed E-state index contributed by atoms with van der Waals surface area (Å²) >= 11 is 0. The van der Waals surface area contributed by atoms with E-state index in [1.54, 1.807) is 0 Å². The third-order valence-electron chi connectivity index (χ3n) is 25.2. The average Bonchev–Trinajstić information content (AvgIpc) is 1.51. The Morgan fingerprint density at radius 1 is 0.107 bits per heavy atom. The molecule has 0 N–H and O–H groups in total. The molecule has 122 heavy (non-hydrogen) atoms. The Hall–Kier alpha value is -16.0. The first-order valence-electron chi connectivity index (χ1n) is 41.7. The highest BCUT2D eigenvalue weighted by molar-refractivity contribution is 5.99. The van der Waals surface area contributed by atoms with Crippen LogP contribution in [0, 0.1) is 0 Å². The predicted molar refractivity (Wildman–Crippen MR) is 497 cm³/mol. The molecule has 2 aromatic heterocycles. The van der Waals surface area contributed by atoms with Crippen LogP contribution in [0.5, 0.6) is 0 Å². The average molecular weight is 1550 g/mol. The van der Waals surface area contributed by atoms with Crippen LogP contribution in [0.4, 0.5) is 0 Å². The Balaban J connectivity index is 0.000000142. The first kappa shape index (κ1) is 71.3. The molecule has 18 aromatic carbocycles. The summed E-state index contributed by atoms with van der Waals surface area (Å²) in [7, 11) is 0. The number of hydrogen-bond donors (Lipinski definition) is 0. The summed E-state index contributed by atoms with van der Waals surface area (Å²) < 4.78 is 0. The predicted octanol–water partition coefficient (Wildman–Crippen LogP) is 28.4. The molecule has 6 heteroatoms. The fourth-order valence-corrected chi connectivity index (χ4v) is 19.5. The lowest BCUT2D eigenvalue weighted by Gasteiger charge is -2.30. The van der Waals surface area contributed by atoms with Crippen molar-refractivity contribution in [2.45, 2.75) is 10.8 Å². The second-order valence-electron chi connectivity index (χ2n) is 31.8. The minimum atomic E-state index is -0.404. The van der Waals surface area contributed by atoms with Gasteiger partial charge in [-0.25, -0.2) is 29.9 Å². The van der Waals surface area contributed by atoms with Crippen molar-refractivity contribution in [1.29, 1.82) is 0 Å². The highest BCUT2D eigenvalue weighted by Crippen LogP contribution is 2.65. The molecule has 0 fully saturated rings. The fraction of sp³-hybridized carbons (Fsp3) is 0.0172. The van der Waals surface area contributed by atoms with Crippen LogP contribution in [0.1, 0.15) is 44.5 Å². The standard InChI is InChI=1S/2C58H37N3/c1-3-15-38(16-4-1)39-29-31-40(32-30-39)42-19-13-21-45(35-42)56-59-55(41-17-5-2-6-18-41)60-57(61-56)46-22-14-20-43(36-46)44-33-34-50-49-25-9-12-28-53(49)58(54(50)37-44)51-26-10-7-23-47(51)48-24-8-11-27-52(48)58;1-3-14-38(15-4-1)39-26-28-40(29-27-39)41-30-32-43(33-31-41)56-59-55(42-16-5-2-6-17-42)60-57(61-56)46-19-13-18-44(36-46)45-34-35-50-49-22-9-12-25-53(49)58(54(50)37-45)51-23-10-7-20-47(51)48-21-8-11-24-52(48)58/h2*1-37H. The van der Waals surface area contributed by atoms with Gasteiger partial charge >= 0.3 is 0 Å². The SMILES string of the molecule is c1ccc(-c2ccc(-c3ccc(-c4nc(-c5ccccc5)nc(-c5cccc(-c6ccc7c(c6)C6(c8ccccc8-c8ccccc86)c6ccccc6-7)c5)n4)cc3)cc2)cc1.c1ccc(-c2ccc(-c3cccc(-c4nc(-c5ccccc5)nc(-c5cccc(-c6ccc7c(c6)C6(c8ccccc8-c8ccccc86)c6ccccc6-7)c5)n4)c3)cc2)cc1. The third-order valence-corrected chi connectivity index (χ3v) is 25.2. The maximum absolute atomic E-state index is 5.19. The van der Waals surface area contributed by atoms with Crippen LogP contribution in [-0.4, -0.2) is 29.9 Å². The molecule has 0 radical (unpaired) electrons. The highest BCUT2D eigenvalue weighted by atomic mass is 15.0. The summed E-state index contributed by atoms with van der Waals surface area (Å²) in [6.45, 7) is 0. The molecule has 2 spiro atoms. The van der Waals surface area contributed by atoms with E-state index in [9.17, 15) is 0 Å². The molecule has 24 rings (SSSR count). The first-order valence-corrected chi connectivity index (χ1v) is 41.7. The molecule has 4 aliphatic rings. The van der Waals surface area contributed by atoms with Crippen molar-refractivity contribution < 1.29 is 0 Å². The number of rotatable bonds is 12. The monoisotopic (exact) mass is 1550 g/mol. The summed E-state index contributed by atoms with van der Waals surface area (Å²) in [6.07, 6.45) is 0. The van der Waals surface area contributed by atoms with E-state index >= 15 is 0 Å². The summed E-state index contributed by atoms with van der Waals surface area (Å²) in [5, 5.41) is 0. The molecule has 0 bridgehead atoms. The van der Waals surface area contributed by atoms with E-state index in [4.69, 9.17) is 29.9 Å². The first-order chi connectivity index (χ1) is 60.4. The zero-order valence-electron chi connectivity index (χ0n) is 66.4. The van der Waals surface area contributed by atoms with Gasteiger partial charge in [0.25, 0.3) is 0 Å². The summed E-state index contributed by atoms with van der Waals surface area (Å²) in [5.74, 6) is 3.81. The van der Waals surface area contributed by atoms with Gasteiger partial charge < -0.3 is 0 Å². The third kappa shape index (κ3) is 11.9. The van der Waals surface area contributed by atoms with E-state index in [1.165, 1.54) is 111 Å². The molecule has 2 heterocycles. The molecule has 0 aliphatic heterocycles. The maximum Gasteiger partial charge on any atom is 0.164 e. The van der Waals surface area contributed by atoms with Crippen LogP contribution in [0.15, 0.2) is 449 Å². The fourth-order valence-electron chi connectivity index (χ4n) is 19.5. The van der Waals surface area contributed by atoms with Crippen LogP contribution in [0.25, 0.3) is 180 Å². The molecular formula is C116H74N6. The molecule has 20 aromatic rings. The largest absolute Gasteiger partial charge is 0.208 e. The van der Waals surface area contributed by atoms with Gasteiger partial charge in [-0.15, -0.1) is 0 Å². The maximum atomic E-state index is 5.19. The Morgan fingerprint density at radius 2 is 0.270 bits per heavy atom. The Labute approximate surface area is 709 Å². The Bertz CT molecular complexity index is 7340. The molecular weight excluding hydrogens is 1480 g/mol. The summed E-state index contributed by atoms with van der Waals surface area (Å²) in [5.41, 5.74) is 39.7. The second-order valence-corrected chi connectivity index (χ2v) is 31.8. The lowest BCUT2D eigenvalue weighted by Crippen LogP contribution is -2.25. The van der Waals surface area contributed by atoms with Gasteiger partial charge in [-0.05, 0) is 186 Å². The van der Waals surface area contributed by atoms with Crippen molar-refractivity contribution in [2.24, 2.45) is 0 Å². The van der Waals surface area contributed by atoms with E-state index in [2.05, 4.69) is 400 Å². The van der Waals surface area contributed by atoms with Gasteiger partial charge in [0.05, 0.1) is 10.8 Å². The van der Waals surface area contributed by atoms with Crippen LogP contribution >= 0.6 is 0 Å². The molecule has 0 atom stereocenters. The van der Waals surface area contributed by atoms with Crippen molar-refractivity contribution >= 4 is 0 Å². The van der Waals surface area contributed by atoms with Crippen molar-refractivity contribution in [3.05, 3.63) is 493 Å². The van der Waals surface area contributed by atoms with Crippen LogP contribution in [0.3, 0.4) is 0 Å². The molecule has 0 saturated carbocycles. The van der Waals surface area contributed by atoms with Gasteiger partial charge in [-0.3, -0.25) is 0 Å². The van der Waals surface area contributed by atoms with Crippen molar-refractivity contribution in [3.8, 4) is 180 Å². The van der Waals surface area contributed by atoms with Gasteiger partial charge in [-0.2, -0.15) is 0 Å². The van der Waals surface area contributed by atoms with Crippen molar-refractivity contribution in [1.82, 2.24) is 29.9 Å². The Morgan fingerprint density at radius 3 is 0.549 bits per heavy atom. The van der Waals surface area contributed by atoms with Gasteiger partial charge in [0.15, 0.2) is 34.9 Å². The zero-order valence-corrected chi connectivity index (χ0v) is 66.4. The Kier molecular flexibility index (Phi) is 17.3. The zero-order chi connectivity index (χ0) is 80.7. The van der Waals surface area contributed by atoms with Crippen LogP contribution < -0.4 is 0 Å². The van der Waals surface area contributed by atoms with E-state index in [-0.39, 0.29) is 0 Å². The van der Waals surface area contributed by atoms with Crippen LogP contribution in [-0.2, 0) is 10.8 Å². The van der Waals surface area contributed by atoms with Gasteiger partial charge in [0, 0.05) is 33.4 Å². The topological polar surface area (TPSA) is 77.3 Å². The smallest absolute Gasteiger partial charge is 0.164 e. The minimum Gasteiger partial charge on any atom is -0.208 e. The van der Waals surface area contributed by atoms with Gasteiger partial charge in [0.1, 0.15) is 0 Å². The van der Waals surface area contributed by atoms with E-state index < -0.39 is 10.8 Å². The number of hydrogen-bond acceptors (Lipinski definition) is 6. The van der Waals surface area contributed by atoms with Crippen LogP contribution in [0.2, 0.25) is 0 Å². The quantitative estimate of drug-likeness (QED) is 0.121. The summed E-state index contributed by atoms with van der Waals surface area (Å²) in [6, 6.07) is 161. The van der Waals surface area contributed by atoms with E-state index in [0.29, 0.717) is 34.9 Å². The highest BCUT2D eigenvalue weighted by Gasteiger charge is 2.53. The second kappa shape index (κ2) is 29.6. The number of aromatic nitrogens is 6. The normalized spacial score (nSPS) is 12.7. The summed E-state index contributed by atoms with van der Waals surface area (Å²) in [4.78, 5) is 30.7. The molecule has 0 saturated heterocycles. The number of fused-ring (bicyclic) bond motifs is 20. The molecule has 6 nitrogen and oxygen atoms in total. The molecule has 0 unspecified atom stereocenters. The van der Waals surface area contributed by atoms with E-state index in [1.807, 2.05) is 48.5 Å². The van der Waals surface area contributed by atoms with Crippen molar-refractivity contribution in [2.75, 3.05) is 0 Å². The minimum absolute atomic E-state index is 0.401. The number of nitrogens with zero attached hydrogens (tertiary/aromatic N) is 6. The van der Waals surface area contributed by atoms with Gasteiger partial charge in [-0.1, -0.05) is 419 Å². The molecule has 4 aliphatic carbocycles. The van der Waals surface area contributed by atoms with E-state index in [0.717, 1.165) is 77.9 Å².